The Morgan fingerprint density at radius 1 is 0.889 bits per heavy atom. The number of hydrogen-bond donors (Lipinski definition) is 0. The Morgan fingerprint density at radius 2 is 1.67 bits per heavy atom. The van der Waals surface area contributed by atoms with Crippen LogP contribution in [0.2, 0.25) is 0 Å². The second kappa shape index (κ2) is 3.35. The zero-order chi connectivity index (χ0) is 12.1. The summed E-state index contributed by atoms with van der Waals surface area (Å²) in [6.07, 6.45) is 3.21. The minimum absolute atomic E-state index is 0.934. The van der Waals surface area contributed by atoms with Crippen molar-refractivity contribution >= 4 is 33.2 Å². The first-order valence-electron chi connectivity index (χ1n) is 6.22. The van der Waals surface area contributed by atoms with Gasteiger partial charge in [0.2, 0.25) is 0 Å². The third kappa shape index (κ3) is 1.11. The predicted molar refractivity (Wildman–Crippen MR) is 78.3 cm³/mol. The fraction of sp³-hybridized carbons (Fsp3) is 0.0556. The molecule has 0 saturated carbocycles. The monoisotopic (exact) mass is 228 g/mol. The van der Waals surface area contributed by atoms with Crippen LogP contribution < -0.4 is 5.22 Å². The molecule has 0 saturated heterocycles. The molecule has 0 N–H and O–H groups in total. The SMILES string of the molecule is C=C=C1CC=c2ccc3cccc4ccc1c2c43. The Balaban J connectivity index is 2.41. The van der Waals surface area contributed by atoms with Crippen LogP contribution in [0.3, 0.4) is 0 Å². The van der Waals surface area contributed by atoms with Crippen LogP contribution in [0, 0.1) is 0 Å². The molecule has 0 aromatic heterocycles. The summed E-state index contributed by atoms with van der Waals surface area (Å²) in [7, 11) is 0. The van der Waals surface area contributed by atoms with E-state index < -0.39 is 0 Å². The van der Waals surface area contributed by atoms with Crippen molar-refractivity contribution < 1.29 is 0 Å². The summed E-state index contributed by atoms with van der Waals surface area (Å²) in [6.45, 7) is 3.82. The maximum atomic E-state index is 3.82. The highest BCUT2D eigenvalue weighted by Gasteiger charge is 2.13. The summed E-state index contributed by atoms with van der Waals surface area (Å²) >= 11 is 0. The van der Waals surface area contributed by atoms with Crippen molar-refractivity contribution in [2.75, 3.05) is 0 Å². The van der Waals surface area contributed by atoms with Crippen LogP contribution in [0.15, 0.2) is 54.8 Å². The van der Waals surface area contributed by atoms with Crippen LogP contribution in [-0.4, -0.2) is 0 Å². The van der Waals surface area contributed by atoms with Gasteiger partial charge in [0.15, 0.2) is 0 Å². The zero-order valence-electron chi connectivity index (χ0n) is 10.0. The molecule has 0 unspecified atom stereocenters. The second-order valence-corrected chi connectivity index (χ2v) is 4.79. The molecule has 0 amide bonds. The van der Waals surface area contributed by atoms with E-state index in [0.29, 0.717) is 0 Å². The van der Waals surface area contributed by atoms with E-state index in [1.54, 1.807) is 0 Å². The van der Waals surface area contributed by atoms with Crippen molar-refractivity contribution in [3.05, 3.63) is 65.6 Å². The molecule has 4 rings (SSSR count). The normalized spacial score (nSPS) is 13.7. The minimum Gasteiger partial charge on any atom is -0.124 e. The topological polar surface area (TPSA) is 0 Å². The molecule has 0 radical (unpaired) electrons. The van der Waals surface area contributed by atoms with Gasteiger partial charge < -0.3 is 0 Å². The lowest BCUT2D eigenvalue weighted by molar-refractivity contribution is 1.44. The molecule has 0 atom stereocenters. The molecule has 0 bridgehead atoms. The first-order valence-corrected chi connectivity index (χ1v) is 6.22. The quantitative estimate of drug-likeness (QED) is 0.509. The predicted octanol–water partition coefficient (Wildman–Crippen LogP) is 4.06. The van der Waals surface area contributed by atoms with Crippen molar-refractivity contribution in [1.29, 1.82) is 0 Å². The summed E-state index contributed by atoms with van der Waals surface area (Å²) < 4.78 is 0. The van der Waals surface area contributed by atoms with E-state index in [1.807, 2.05) is 0 Å². The fourth-order valence-corrected chi connectivity index (χ4v) is 3.02. The second-order valence-electron chi connectivity index (χ2n) is 4.79. The van der Waals surface area contributed by atoms with E-state index in [-0.39, 0.29) is 0 Å². The van der Waals surface area contributed by atoms with Crippen molar-refractivity contribution in [2.24, 2.45) is 0 Å². The highest BCUT2D eigenvalue weighted by Crippen LogP contribution is 2.33. The molecule has 0 heterocycles. The van der Waals surface area contributed by atoms with Gasteiger partial charge in [-0.15, -0.1) is 5.73 Å². The van der Waals surface area contributed by atoms with Crippen molar-refractivity contribution in [3.8, 4) is 0 Å². The maximum Gasteiger partial charge on any atom is 0.00503 e. The Morgan fingerprint density at radius 3 is 2.44 bits per heavy atom. The van der Waals surface area contributed by atoms with Crippen LogP contribution >= 0.6 is 0 Å². The van der Waals surface area contributed by atoms with E-state index in [2.05, 4.69) is 60.9 Å². The molecule has 84 valence electrons. The summed E-state index contributed by atoms with van der Waals surface area (Å²) in [5.41, 5.74) is 5.59. The number of allylic oxidation sites excluding steroid dienone is 1. The van der Waals surface area contributed by atoms with Crippen LogP contribution in [0.25, 0.3) is 33.2 Å². The lowest BCUT2D eigenvalue weighted by Crippen LogP contribution is -2.09. The van der Waals surface area contributed by atoms with Gasteiger partial charge in [0.25, 0.3) is 0 Å². The standard InChI is InChI=1S/C18H12/c1-2-12-6-7-15-9-8-13-4-3-5-14-10-11-16(12)18(15)17(13)14/h3-5,7-11H,1,6H2. The third-order valence-electron chi connectivity index (χ3n) is 3.87. The van der Waals surface area contributed by atoms with Gasteiger partial charge in [0.05, 0.1) is 0 Å². The van der Waals surface area contributed by atoms with Crippen molar-refractivity contribution in [1.82, 2.24) is 0 Å². The molecule has 18 heavy (non-hydrogen) atoms. The van der Waals surface area contributed by atoms with Gasteiger partial charge in [-0.3, -0.25) is 0 Å². The van der Waals surface area contributed by atoms with Gasteiger partial charge >= 0.3 is 0 Å². The smallest absolute Gasteiger partial charge is 0.00503 e. The lowest BCUT2D eigenvalue weighted by atomic mass is 9.88. The number of hydrogen-bond acceptors (Lipinski definition) is 0. The van der Waals surface area contributed by atoms with Crippen LogP contribution in [0.5, 0.6) is 0 Å². The largest absolute Gasteiger partial charge is 0.124 e. The van der Waals surface area contributed by atoms with E-state index in [0.717, 1.165) is 6.42 Å². The molecule has 0 heteroatoms. The molecular weight excluding hydrogens is 216 g/mol. The Labute approximate surface area is 106 Å². The fourth-order valence-electron chi connectivity index (χ4n) is 3.02. The average Bonchev–Trinajstić information content (AvgIpc) is 2.44. The van der Waals surface area contributed by atoms with Crippen LogP contribution in [-0.2, 0) is 0 Å². The molecule has 3 aromatic carbocycles. The van der Waals surface area contributed by atoms with Crippen LogP contribution in [0.4, 0.5) is 0 Å². The van der Waals surface area contributed by atoms with Crippen LogP contribution in [0.1, 0.15) is 12.0 Å². The Bertz CT molecular complexity index is 875. The molecule has 1 aliphatic carbocycles. The average molecular weight is 228 g/mol. The van der Waals surface area contributed by atoms with Gasteiger partial charge in [-0.25, -0.2) is 0 Å². The summed E-state index contributed by atoms with van der Waals surface area (Å²) in [6, 6.07) is 15.3. The van der Waals surface area contributed by atoms with E-state index in [1.165, 1.54) is 37.9 Å². The van der Waals surface area contributed by atoms with E-state index in [4.69, 9.17) is 0 Å². The Kier molecular flexibility index (Phi) is 1.81. The minimum atomic E-state index is 0.934. The molecule has 0 nitrogen and oxygen atoms in total. The molecule has 0 aliphatic heterocycles. The molecule has 1 aliphatic rings. The number of rotatable bonds is 0. The Hall–Kier alpha value is -2.30. The van der Waals surface area contributed by atoms with Gasteiger partial charge in [0, 0.05) is 5.57 Å². The summed E-state index contributed by atoms with van der Waals surface area (Å²) in [5, 5.41) is 6.70. The summed E-state index contributed by atoms with van der Waals surface area (Å²) in [4.78, 5) is 0. The molecule has 3 aromatic rings. The third-order valence-corrected chi connectivity index (χ3v) is 3.87. The first kappa shape index (κ1) is 9.70. The van der Waals surface area contributed by atoms with E-state index in [9.17, 15) is 0 Å². The van der Waals surface area contributed by atoms with Crippen molar-refractivity contribution in [2.45, 2.75) is 6.42 Å². The molecule has 0 fully saturated rings. The lowest BCUT2D eigenvalue weighted by Gasteiger charge is -2.16. The highest BCUT2D eigenvalue weighted by atomic mass is 14.2. The van der Waals surface area contributed by atoms with Gasteiger partial charge in [-0.05, 0) is 38.7 Å². The first-order chi connectivity index (χ1) is 8.88. The highest BCUT2D eigenvalue weighted by molar-refractivity contribution is 6.14. The van der Waals surface area contributed by atoms with Gasteiger partial charge in [-0.2, -0.15) is 0 Å². The maximum absolute atomic E-state index is 3.82. The summed E-state index contributed by atoms with van der Waals surface area (Å²) in [5.74, 6) is 0. The molecule has 0 spiro atoms. The van der Waals surface area contributed by atoms with Gasteiger partial charge in [-0.1, -0.05) is 55.1 Å². The number of benzene rings is 3. The molecular formula is C18H12. The zero-order valence-corrected chi connectivity index (χ0v) is 10.0. The van der Waals surface area contributed by atoms with E-state index >= 15 is 0 Å². The van der Waals surface area contributed by atoms with Gasteiger partial charge in [0.1, 0.15) is 0 Å². The van der Waals surface area contributed by atoms with Crippen molar-refractivity contribution in [3.63, 3.8) is 0 Å².